The average Bonchev–Trinajstić information content (AvgIpc) is 2.53. The van der Waals surface area contributed by atoms with Crippen LogP contribution in [0.5, 0.6) is 5.75 Å². The summed E-state index contributed by atoms with van der Waals surface area (Å²) in [4.78, 5) is 24.5. The predicted octanol–water partition coefficient (Wildman–Crippen LogP) is 3.02. The van der Waals surface area contributed by atoms with Crippen molar-refractivity contribution in [3.63, 3.8) is 0 Å². The molecule has 0 fully saturated rings. The topological polar surface area (TPSA) is 72.7 Å². The molecule has 0 bridgehead atoms. The van der Waals surface area contributed by atoms with Crippen LogP contribution in [0.1, 0.15) is 17.3 Å². The van der Waals surface area contributed by atoms with Crippen molar-refractivity contribution in [2.24, 2.45) is 0 Å². The average molecular weight is 298 g/mol. The number of anilines is 1. The molecular formula is C16H14N2O4. The first-order valence-electron chi connectivity index (χ1n) is 6.88. The summed E-state index contributed by atoms with van der Waals surface area (Å²) >= 11 is 0. The maximum absolute atomic E-state index is 12.7. The Morgan fingerprint density at radius 3 is 2.59 bits per heavy atom. The Bertz CT molecular complexity index is 727. The second-order valence-corrected chi connectivity index (χ2v) is 5.12. The van der Waals surface area contributed by atoms with Crippen LogP contribution in [0.15, 0.2) is 48.5 Å². The third-order valence-corrected chi connectivity index (χ3v) is 3.49. The molecule has 6 heteroatoms. The number of carbonyl (C=O) groups excluding carboxylic acids is 1. The third kappa shape index (κ3) is 2.50. The third-order valence-electron chi connectivity index (χ3n) is 3.49. The molecule has 1 aliphatic rings. The van der Waals surface area contributed by atoms with E-state index in [2.05, 4.69) is 0 Å². The van der Waals surface area contributed by atoms with Gasteiger partial charge in [0.25, 0.3) is 11.6 Å². The lowest BCUT2D eigenvalue weighted by Gasteiger charge is -2.33. The lowest BCUT2D eigenvalue weighted by molar-refractivity contribution is -0.384. The van der Waals surface area contributed by atoms with Crippen LogP contribution in [-0.2, 0) is 0 Å². The molecule has 2 aromatic rings. The van der Waals surface area contributed by atoms with Gasteiger partial charge in [0.2, 0.25) is 0 Å². The largest absolute Gasteiger partial charge is 0.487 e. The Labute approximate surface area is 127 Å². The fourth-order valence-corrected chi connectivity index (χ4v) is 2.46. The Morgan fingerprint density at radius 1 is 1.23 bits per heavy atom. The summed E-state index contributed by atoms with van der Waals surface area (Å²) in [6, 6.07) is 13.0. The summed E-state index contributed by atoms with van der Waals surface area (Å²) in [5.74, 6) is 0.467. The van der Waals surface area contributed by atoms with Crippen molar-refractivity contribution < 1.29 is 14.5 Å². The van der Waals surface area contributed by atoms with E-state index in [1.54, 1.807) is 4.90 Å². The number of benzene rings is 2. The van der Waals surface area contributed by atoms with Gasteiger partial charge in [-0.2, -0.15) is 0 Å². The first kappa shape index (κ1) is 14.1. The van der Waals surface area contributed by atoms with E-state index in [0.717, 1.165) is 0 Å². The molecule has 22 heavy (non-hydrogen) atoms. The fraction of sp³-hybridized carbons (Fsp3) is 0.188. The van der Waals surface area contributed by atoms with Gasteiger partial charge in [-0.1, -0.05) is 12.1 Å². The molecule has 0 spiro atoms. The Kier molecular flexibility index (Phi) is 3.50. The highest BCUT2D eigenvalue weighted by molar-refractivity contribution is 6.07. The van der Waals surface area contributed by atoms with Crippen molar-refractivity contribution in [3.8, 4) is 5.75 Å². The maximum Gasteiger partial charge on any atom is 0.269 e. The summed E-state index contributed by atoms with van der Waals surface area (Å²) in [6.45, 7) is 2.33. The molecule has 0 saturated heterocycles. The van der Waals surface area contributed by atoms with Gasteiger partial charge >= 0.3 is 0 Å². The van der Waals surface area contributed by atoms with Crippen LogP contribution in [0.2, 0.25) is 0 Å². The van der Waals surface area contributed by atoms with Gasteiger partial charge in [-0.25, -0.2) is 0 Å². The first-order valence-corrected chi connectivity index (χ1v) is 6.88. The zero-order chi connectivity index (χ0) is 15.7. The second-order valence-electron chi connectivity index (χ2n) is 5.12. The van der Waals surface area contributed by atoms with Crippen molar-refractivity contribution in [1.82, 2.24) is 0 Å². The minimum atomic E-state index is -0.486. The first-order chi connectivity index (χ1) is 10.6. The molecule has 1 atom stereocenters. The molecule has 1 heterocycles. The van der Waals surface area contributed by atoms with Gasteiger partial charge in [0.05, 0.1) is 17.2 Å². The van der Waals surface area contributed by atoms with Crippen LogP contribution in [0, 0.1) is 10.1 Å². The van der Waals surface area contributed by atoms with E-state index in [0.29, 0.717) is 23.5 Å². The monoisotopic (exact) mass is 298 g/mol. The number of nitro groups is 1. The molecular weight excluding hydrogens is 284 g/mol. The number of carbonyl (C=O) groups is 1. The SMILES string of the molecule is CC1CN(C(=O)c2ccc([N+](=O)[O-])cc2)c2ccccc2O1. The van der Waals surface area contributed by atoms with Crippen LogP contribution in [0.3, 0.4) is 0 Å². The molecule has 112 valence electrons. The number of para-hydroxylation sites is 2. The lowest BCUT2D eigenvalue weighted by Crippen LogP contribution is -2.42. The molecule has 1 aliphatic heterocycles. The van der Waals surface area contributed by atoms with Crippen LogP contribution in [0.25, 0.3) is 0 Å². The van der Waals surface area contributed by atoms with E-state index in [1.807, 2.05) is 31.2 Å². The number of hydrogen-bond donors (Lipinski definition) is 0. The van der Waals surface area contributed by atoms with E-state index < -0.39 is 4.92 Å². The smallest absolute Gasteiger partial charge is 0.269 e. The van der Waals surface area contributed by atoms with E-state index in [-0.39, 0.29) is 17.7 Å². The number of ether oxygens (including phenoxy) is 1. The summed E-state index contributed by atoms with van der Waals surface area (Å²) in [5, 5.41) is 10.7. The highest BCUT2D eigenvalue weighted by atomic mass is 16.6. The van der Waals surface area contributed by atoms with Crippen LogP contribution in [-0.4, -0.2) is 23.5 Å². The van der Waals surface area contributed by atoms with Gasteiger partial charge in [-0.3, -0.25) is 14.9 Å². The minimum absolute atomic E-state index is 0.0349. The van der Waals surface area contributed by atoms with Crippen molar-refractivity contribution in [2.45, 2.75) is 13.0 Å². The quantitative estimate of drug-likeness (QED) is 0.631. The number of non-ortho nitro benzene ring substituents is 1. The molecule has 6 nitrogen and oxygen atoms in total. The molecule has 0 saturated carbocycles. The number of amides is 1. The summed E-state index contributed by atoms with van der Waals surface area (Å²) < 4.78 is 5.72. The van der Waals surface area contributed by atoms with Gasteiger partial charge < -0.3 is 9.64 Å². The molecule has 0 radical (unpaired) electrons. The highest BCUT2D eigenvalue weighted by Crippen LogP contribution is 2.34. The van der Waals surface area contributed by atoms with Crippen LogP contribution in [0.4, 0.5) is 11.4 Å². The van der Waals surface area contributed by atoms with Crippen molar-refractivity contribution >= 4 is 17.3 Å². The normalized spacial score (nSPS) is 16.6. The van der Waals surface area contributed by atoms with Gasteiger partial charge in [0.1, 0.15) is 11.9 Å². The second kappa shape index (κ2) is 5.48. The standard InChI is InChI=1S/C16H14N2O4/c1-11-10-17(14-4-2-3-5-15(14)22-11)16(19)12-6-8-13(9-7-12)18(20)21/h2-9,11H,10H2,1H3. The van der Waals surface area contributed by atoms with Gasteiger partial charge in [0, 0.05) is 17.7 Å². The molecule has 1 unspecified atom stereocenters. The molecule has 0 N–H and O–H groups in total. The Hall–Kier alpha value is -2.89. The van der Waals surface area contributed by atoms with Gasteiger partial charge in [-0.05, 0) is 31.2 Å². The summed E-state index contributed by atoms with van der Waals surface area (Å²) in [5.41, 5.74) is 1.09. The molecule has 3 rings (SSSR count). The van der Waals surface area contributed by atoms with Crippen LogP contribution >= 0.6 is 0 Å². The van der Waals surface area contributed by atoms with E-state index in [9.17, 15) is 14.9 Å². The zero-order valence-corrected chi connectivity index (χ0v) is 11.9. The van der Waals surface area contributed by atoms with E-state index >= 15 is 0 Å². The zero-order valence-electron chi connectivity index (χ0n) is 11.9. The van der Waals surface area contributed by atoms with Gasteiger partial charge in [0.15, 0.2) is 0 Å². The van der Waals surface area contributed by atoms with E-state index in [4.69, 9.17) is 4.74 Å². The Balaban J connectivity index is 1.93. The maximum atomic E-state index is 12.7. The lowest BCUT2D eigenvalue weighted by atomic mass is 10.1. The fourth-order valence-electron chi connectivity index (χ4n) is 2.46. The molecule has 0 aliphatic carbocycles. The number of hydrogen-bond acceptors (Lipinski definition) is 4. The van der Waals surface area contributed by atoms with Crippen LogP contribution < -0.4 is 9.64 Å². The molecule has 2 aromatic carbocycles. The molecule has 1 amide bonds. The van der Waals surface area contributed by atoms with Crippen molar-refractivity contribution in [1.29, 1.82) is 0 Å². The summed E-state index contributed by atoms with van der Waals surface area (Å²) in [7, 11) is 0. The number of nitro benzene ring substituents is 1. The van der Waals surface area contributed by atoms with E-state index in [1.165, 1.54) is 24.3 Å². The predicted molar refractivity (Wildman–Crippen MR) is 81.3 cm³/mol. The number of nitrogens with zero attached hydrogens (tertiary/aromatic N) is 2. The van der Waals surface area contributed by atoms with Gasteiger partial charge in [-0.15, -0.1) is 0 Å². The Morgan fingerprint density at radius 2 is 1.91 bits per heavy atom. The highest BCUT2D eigenvalue weighted by Gasteiger charge is 2.28. The molecule has 0 aromatic heterocycles. The minimum Gasteiger partial charge on any atom is -0.487 e. The van der Waals surface area contributed by atoms with Crippen molar-refractivity contribution in [3.05, 3.63) is 64.2 Å². The number of fused-ring (bicyclic) bond motifs is 1. The van der Waals surface area contributed by atoms with Crippen molar-refractivity contribution in [2.75, 3.05) is 11.4 Å². The summed E-state index contributed by atoms with van der Waals surface area (Å²) in [6.07, 6.45) is -0.114. The number of rotatable bonds is 2.